The molecule has 3 aromatic rings. The average molecular weight is 667 g/mol. The summed E-state index contributed by atoms with van der Waals surface area (Å²) in [6.45, 7) is 8.16. The van der Waals surface area contributed by atoms with E-state index < -0.39 is 17.9 Å². The number of rotatable bonds is 17. The Balaban J connectivity index is 0.00000265. The monoisotopic (exact) mass is 666 g/mol. The summed E-state index contributed by atoms with van der Waals surface area (Å²) in [5.41, 5.74) is 15.3. The number of anilines is 1. The van der Waals surface area contributed by atoms with Gasteiger partial charge in [-0.1, -0.05) is 88.2 Å². The van der Waals surface area contributed by atoms with Crippen LogP contribution < -0.4 is 26.8 Å². The molecule has 3 rings (SSSR count). The summed E-state index contributed by atoms with van der Waals surface area (Å²) < 4.78 is 3.36. The number of carbonyl (C=O) groups is 3. The summed E-state index contributed by atoms with van der Waals surface area (Å²) in [4.78, 5) is 37.4. The van der Waals surface area contributed by atoms with Crippen LogP contribution in [0.4, 0.5) is 5.69 Å². The van der Waals surface area contributed by atoms with Crippen molar-refractivity contribution in [1.29, 1.82) is 5.41 Å². The minimum Gasteiger partial charge on any atom is -0.508 e. The Morgan fingerprint density at radius 2 is 1.43 bits per heavy atom. The first-order valence-corrected chi connectivity index (χ1v) is 16.8. The van der Waals surface area contributed by atoms with E-state index in [-0.39, 0.29) is 49.3 Å². The number of aryl methyl sites for hydroxylation is 1. The van der Waals surface area contributed by atoms with E-state index in [0.717, 1.165) is 16.7 Å². The fourth-order valence-electron chi connectivity index (χ4n) is 4.19. The maximum absolute atomic E-state index is 13.1. The summed E-state index contributed by atoms with van der Waals surface area (Å²) in [6.07, 6.45) is 0.976. The highest BCUT2D eigenvalue weighted by Crippen LogP contribution is 2.17. The topological polar surface area (TPSA) is 204 Å². The normalized spacial score (nSPS) is 11.4. The SMILES string of the molecule is CC.CC.N=C(N)c1ccc(CNC(=O)C(CCC(=O)O)NC(=O)CC(CCc2ccc(O)cc2)NSCc2ccc(N)cc2)cc1. The Kier molecular flexibility index (Phi) is 19.7. The average Bonchev–Trinajstić information content (AvgIpc) is 3.07. The zero-order valence-corrected chi connectivity index (χ0v) is 28.5. The molecule has 12 heteroatoms. The van der Waals surface area contributed by atoms with E-state index in [9.17, 15) is 24.6 Å². The lowest BCUT2D eigenvalue weighted by Gasteiger charge is -2.21. The van der Waals surface area contributed by atoms with Crippen LogP contribution in [0.1, 0.15) is 75.6 Å². The molecule has 2 unspecified atom stereocenters. The third kappa shape index (κ3) is 16.5. The van der Waals surface area contributed by atoms with Gasteiger partial charge in [0.05, 0.1) is 0 Å². The van der Waals surface area contributed by atoms with Crippen molar-refractivity contribution >= 4 is 41.3 Å². The van der Waals surface area contributed by atoms with Crippen LogP contribution in [-0.2, 0) is 33.1 Å². The van der Waals surface area contributed by atoms with Gasteiger partial charge >= 0.3 is 5.97 Å². The molecule has 11 nitrogen and oxygen atoms in total. The Morgan fingerprint density at radius 3 is 2.00 bits per heavy atom. The highest BCUT2D eigenvalue weighted by atomic mass is 32.2. The quantitative estimate of drug-likeness (QED) is 0.0417. The molecule has 0 aliphatic carbocycles. The molecule has 2 atom stereocenters. The number of carboxylic acid groups (broad SMARTS) is 1. The second-order valence-electron chi connectivity index (χ2n) is 10.1. The van der Waals surface area contributed by atoms with Crippen LogP contribution in [0, 0.1) is 5.41 Å². The Labute approximate surface area is 282 Å². The highest BCUT2D eigenvalue weighted by Gasteiger charge is 2.23. The van der Waals surface area contributed by atoms with Gasteiger partial charge in [-0.2, -0.15) is 0 Å². The predicted octanol–water partition coefficient (Wildman–Crippen LogP) is 5.11. The van der Waals surface area contributed by atoms with Crippen LogP contribution in [0.5, 0.6) is 5.75 Å². The molecule has 0 aromatic heterocycles. The summed E-state index contributed by atoms with van der Waals surface area (Å²) in [6, 6.07) is 19.9. The van der Waals surface area contributed by atoms with Crippen molar-refractivity contribution in [2.45, 2.75) is 84.2 Å². The number of carbonyl (C=O) groups excluding carboxylic acids is 2. The number of benzene rings is 3. The second-order valence-corrected chi connectivity index (χ2v) is 10.9. The Bertz CT molecular complexity index is 1370. The molecule has 0 bridgehead atoms. The summed E-state index contributed by atoms with van der Waals surface area (Å²) >= 11 is 1.46. The van der Waals surface area contributed by atoms with Gasteiger partial charge in [-0.15, -0.1) is 0 Å². The minimum absolute atomic E-state index is 0.0618. The molecule has 3 aromatic carbocycles. The Hall–Kier alpha value is -4.55. The molecule has 0 fully saturated rings. The number of phenols is 1. The van der Waals surface area contributed by atoms with Crippen molar-refractivity contribution in [2.75, 3.05) is 5.73 Å². The van der Waals surface area contributed by atoms with E-state index in [4.69, 9.17) is 16.9 Å². The van der Waals surface area contributed by atoms with Crippen LogP contribution >= 0.6 is 11.9 Å². The van der Waals surface area contributed by atoms with E-state index >= 15 is 0 Å². The standard InChI is InChI=1S/C31H38N6O5S.2C2H6/c32-24-10-3-22(4-11-24)19-43-37-25(12-5-20-6-13-26(38)14-7-20)17-28(39)36-27(15-16-29(40)41)31(42)35-18-21-1-8-23(9-2-21)30(33)34;2*1-2/h1-4,6-11,13-14,25,27,37-38H,5,12,15-19,32H2,(H3,33,34)(H,35,42)(H,36,39)(H,40,41);2*1-2H3. The van der Waals surface area contributed by atoms with E-state index in [0.29, 0.717) is 29.8 Å². The molecule has 47 heavy (non-hydrogen) atoms. The van der Waals surface area contributed by atoms with E-state index in [1.54, 1.807) is 36.4 Å². The number of aromatic hydroxyl groups is 1. The molecule has 0 saturated heterocycles. The first-order chi connectivity index (χ1) is 22.6. The number of aliphatic carboxylic acids is 1. The first-order valence-electron chi connectivity index (χ1n) is 15.8. The largest absolute Gasteiger partial charge is 0.508 e. The van der Waals surface area contributed by atoms with Gasteiger partial charge in [0, 0.05) is 42.4 Å². The lowest BCUT2D eigenvalue weighted by molar-refractivity contribution is -0.138. The Morgan fingerprint density at radius 1 is 0.851 bits per heavy atom. The smallest absolute Gasteiger partial charge is 0.303 e. The van der Waals surface area contributed by atoms with Gasteiger partial charge in [-0.05, 0) is 60.2 Å². The lowest BCUT2D eigenvalue weighted by atomic mass is 10.0. The molecule has 0 aliphatic heterocycles. The van der Waals surface area contributed by atoms with Crippen LogP contribution in [0.15, 0.2) is 72.8 Å². The van der Waals surface area contributed by atoms with E-state index in [2.05, 4.69) is 15.4 Å². The van der Waals surface area contributed by atoms with Gasteiger partial charge in [0.2, 0.25) is 11.8 Å². The molecule has 0 radical (unpaired) electrons. The summed E-state index contributed by atoms with van der Waals surface area (Å²) in [7, 11) is 0. The zero-order chi connectivity index (χ0) is 35.2. The summed E-state index contributed by atoms with van der Waals surface area (Å²) in [5.74, 6) is -1.18. The number of nitrogen functional groups attached to an aromatic ring is 2. The number of amides is 2. The van der Waals surface area contributed by atoms with Crippen molar-refractivity contribution in [3.05, 3.63) is 95.1 Å². The molecule has 0 aliphatic rings. The molecule has 0 spiro atoms. The maximum atomic E-state index is 13.1. The van der Waals surface area contributed by atoms with Crippen LogP contribution in [0.2, 0.25) is 0 Å². The van der Waals surface area contributed by atoms with Crippen molar-refractivity contribution in [2.24, 2.45) is 5.73 Å². The molecular weight excluding hydrogens is 616 g/mol. The second kappa shape index (κ2) is 22.9. The van der Waals surface area contributed by atoms with Crippen molar-refractivity contribution in [3.63, 3.8) is 0 Å². The van der Waals surface area contributed by atoms with Gasteiger partial charge in [-0.25, -0.2) is 0 Å². The van der Waals surface area contributed by atoms with E-state index in [1.165, 1.54) is 11.9 Å². The fraction of sp³-hybridized carbons (Fsp3) is 0.371. The number of carboxylic acids is 1. The van der Waals surface area contributed by atoms with Crippen LogP contribution in [-0.4, -0.2) is 45.9 Å². The van der Waals surface area contributed by atoms with E-state index in [1.807, 2.05) is 64.1 Å². The third-order valence-electron chi connectivity index (χ3n) is 6.65. The van der Waals surface area contributed by atoms with Crippen molar-refractivity contribution < 1.29 is 24.6 Å². The molecular formula is C35H50N6O5S. The van der Waals surface area contributed by atoms with Gasteiger partial charge < -0.3 is 32.3 Å². The molecule has 2 amide bonds. The molecule has 256 valence electrons. The van der Waals surface area contributed by atoms with Crippen molar-refractivity contribution in [3.8, 4) is 5.75 Å². The molecule has 0 heterocycles. The van der Waals surface area contributed by atoms with Crippen LogP contribution in [0.25, 0.3) is 0 Å². The third-order valence-corrected chi connectivity index (χ3v) is 7.63. The zero-order valence-electron chi connectivity index (χ0n) is 27.7. The number of hydrogen-bond acceptors (Lipinski definition) is 8. The van der Waals surface area contributed by atoms with Gasteiger partial charge in [0.25, 0.3) is 0 Å². The first kappa shape index (κ1) is 40.5. The minimum atomic E-state index is -1.07. The number of nitrogens with one attached hydrogen (secondary N) is 4. The molecule has 0 saturated carbocycles. The van der Waals surface area contributed by atoms with Gasteiger partial charge in [-0.3, -0.25) is 24.5 Å². The fourth-order valence-corrected chi connectivity index (χ4v) is 5.07. The highest BCUT2D eigenvalue weighted by molar-refractivity contribution is 7.96. The van der Waals surface area contributed by atoms with Gasteiger partial charge in [0.15, 0.2) is 0 Å². The number of nitrogens with two attached hydrogens (primary N) is 2. The molecule has 10 N–H and O–H groups in total. The van der Waals surface area contributed by atoms with Crippen LogP contribution in [0.3, 0.4) is 0 Å². The number of amidine groups is 1. The summed E-state index contributed by atoms with van der Waals surface area (Å²) in [5, 5.41) is 31.7. The van der Waals surface area contributed by atoms with Gasteiger partial charge in [0.1, 0.15) is 17.6 Å². The maximum Gasteiger partial charge on any atom is 0.303 e. The number of hydrogen-bond donors (Lipinski definition) is 8. The lowest BCUT2D eigenvalue weighted by Crippen LogP contribution is -2.48. The number of phenolic OH excluding ortho intramolecular Hbond substituents is 1. The predicted molar refractivity (Wildman–Crippen MR) is 191 cm³/mol. The van der Waals surface area contributed by atoms with Crippen molar-refractivity contribution in [1.82, 2.24) is 15.4 Å².